The summed E-state index contributed by atoms with van der Waals surface area (Å²) in [5, 5.41) is 5.55. The average Bonchev–Trinajstić information content (AvgIpc) is 3.46. The maximum Gasteiger partial charge on any atom is 0.255 e. The molecule has 3 aliphatic rings. The molecule has 0 radical (unpaired) electrons. The molecule has 2 atom stereocenters. The van der Waals surface area contributed by atoms with Crippen molar-refractivity contribution in [1.29, 1.82) is 0 Å². The highest BCUT2D eigenvalue weighted by molar-refractivity contribution is 6.06. The number of hydrogen-bond acceptors (Lipinski definition) is 4. The van der Waals surface area contributed by atoms with E-state index in [-0.39, 0.29) is 36.7 Å². The van der Waals surface area contributed by atoms with E-state index in [4.69, 9.17) is 0 Å². The predicted molar refractivity (Wildman–Crippen MR) is 121 cm³/mol. The summed E-state index contributed by atoms with van der Waals surface area (Å²) in [6.07, 6.45) is 5.09. The lowest BCUT2D eigenvalue weighted by Crippen LogP contribution is -2.52. The zero-order valence-electron chi connectivity index (χ0n) is 18.4. The van der Waals surface area contributed by atoms with Crippen LogP contribution < -0.4 is 10.6 Å². The molecule has 2 aliphatic heterocycles. The number of nitrogens with one attached hydrogen (secondary N) is 2. The molecule has 2 N–H and O–H groups in total. The Morgan fingerprint density at radius 1 is 1.00 bits per heavy atom. The van der Waals surface area contributed by atoms with Crippen LogP contribution in [0.3, 0.4) is 0 Å². The number of piperidine rings is 1. The molecule has 2 aromatic rings. The van der Waals surface area contributed by atoms with E-state index in [0.717, 1.165) is 24.0 Å². The number of nitrogens with zero attached hydrogens (tertiary/aromatic N) is 1. The number of imide groups is 1. The van der Waals surface area contributed by atoms with Gasteiger partial charge in [0.15, 0.2) is 0 Å². The van der Waals surface area contributed by atoms with Crippen molar-refractivity contribution in [2.75, 3.05) is 0 Å². The van der Waals surface area contributed by atoms with E-state index in [1.54, 1.807) is 18.2 Å². The van der Waals surface area contributed by atoms with Gasteiger partial charge in [-0.05, 0) is 54.5 Å². The Morgan fingerprint density at radius 2 is 1.76 bits per heavy atom. The Hall–Kier alpha value is -3.48. The monoisotopic (exact) mass is 445 g/mol. The zero-order valence-corrected chi connectivity index (χ0v) is 18.4. The second-order valence-corrected chi connectivity index (χ2v) is 9.18. The molecule has 0 bridgehead atoms. The van der Waals surface area contributed by atoms with Crippen LogP contribution in [-0.2, 0) is 16.1 Å². The van der Waals surface area contributed by atoms with Gasteiger partial charge in [0.05, 0.1) is 6.04 Å². The molecule has 33 heavy (non-hydrogen) atoms. The van der Waals surface area contributed by atoms with Crippen LogP contribution in [0.15, 0.2) is 48.5 Å². The van der Waals surface area contributed by atoms with Crippen LogP contribution in [-0.4, -0.2) is 34.6 Å². The van der Waals surface area contributed by atoms with E-state index in [0.29, 0.717) is 23.5 Å². The molecule has 170 valence electrons. The van der Waals surface area contributed by atoms with Gasteiger partial charge in [-0.2, -0.15) is 0 Å². The van der Waals surface area contributed by atoms with Crippen molar-refractivity contribution in [3.63, 3.8) is 0 Å². The third kappa shape index (κ3) is 4.15. The molecule has 7 nitrogen and oxygen atoms in total. The maximum absolute atomic E-state index is 13.2. The van der Waals surface area contributed by atoms with Gasteiger partial charge >= 0.3 is 0 Å². The smallest absolute Gasteiger partial charge is 0.255 e. The number of hydrogen-bond donors (Lipinski definition) is 2. The lowest BCUT2D eigenvalue weighted by atomic mass is 9.91. The first-order valence-corrected chi connectivity index (χ1v) is 11.6. The summed E-state index contributed by atoms with van der Waals surface area (Å²) in [4.78, 5) is 51.3. The second kappa shape index (κ2) is 8.81. The molecular weight excluding hydrogens is 418 g/mol. The second-order valence-electron chi connectivity index (χ2n) is 9.18. The fourth-order valence-electron chi connectivity index (χ4n) is 5.36. The SMILES string of the molecule is O=C1CCC(N2Cc3cc(C(=O)N[C@H](c4ccccc4)C4CCCC4)ccc3C2=O)C(=O)N1. The van der Waals surface area contributed by atoms with E-state index < -0.39 is 11.9 Å². The standard InChI is InChI=1S/C26H27N3O4/c30-22-13-12-21(25(32)27-22)29-15-19-14-18(10-11-20(19)26(29)33)24(31)28-23(17-8-4-5-9-17)16-6-2-1-3-7-16/h1-3,6-7,10-11,14,17,21,23H,4-5,8-9,12-13,15H2,(H,28,31)(H,27,30,32)/t21?,23-/m1/s1. The van der Waals surface area contributed by atoms with Crippen molar-refractivity contribution in [3.05, 3.63) is 70.8 Å². The van der Waals surface area contributed by atoms with E-state index in [1.165, 1.54) is 17.7 Å². The maximum atomic E-state index is 13.2. The minimum atomic E-state index is -0.662. The normalized spacial score (nSPS) is 21.6. The first kappa shape index (κ1) is 21.4. The van der Waals surface area contributed by atoms with Gasteiger partial charge < -0.3 is 10.2 Å². The summed E-state index contributed by atoms with van der Waals surface area (Å²) in [6.45, 7) is 0.256. The van der Waals surface area contributed by atoms with Gasteiger partial charge in [0, 0.05) is 24.1 Å². The fourth-order valence-corrected chi connectivity index (χ4v) is 5.36. The van der Waals surface area contributed by atoms with Gasteiger partial charge in [-0.15, -0.1) is 0 Å². The Kier molecular flexibility index (Phi) is 5.70. The molecule has 2 heterocycles. The Morgan fingerprint density at radius 3 is 2.48 bits per heavy atom. The van der Waals surface area contributed by atoms with Gasteiger partial charge in [0.2, 0.25) is 11.8 Å². The molecule has 1 saturated heterocycles. The topological polar surface area (TPSA) is 95.6 Å². The predicted octanol–water partition coefficient (Wildman–Crippen LogP) is 3.11. The highest BCUT2D eigenvalue weighted by Crippen LogP contribution is 2.36. The van der Waals surface area contributed by atoms with Crippen LogP contribution in [0.1, 0.15) is 76.4 Å². The Labute approximate surface area is 192 Å². The number of fused-ring (bicyclic) bond motifs is 1. The third-order valence-electron chi connectivity index (χ3n) is 7.10. The molecule has 4 amide bonds. The number of benzene rings is 2. The van der Waals surface area contributed by atoms with Gasteiger partial charge in [0.1, 0.15) is 6.04 Å². The quantitative estimate of drug-likeness (QED) is 0.692. The summed E-state index contributed by atoms with van der Waals surface area (Å²) in [7, 11) is 0. The van der Waals surface area contributed by atoms with Crippen LogP contribution in [0, 0.1) is 5.92 Å². The highest BCUT2D eigenvalue weighted by atomic mass is 16.2. The molecule has 1 aliphatic carbocycles. The van der Waals surface area contributed by atoms with Crippen molar-refractivity contribution in [2.24, 2.45) is 5.92 Å². The lowest BCUT2D eigenvalue weighted by molar-refractivity contribution is -0.136. The van der Waals surface area contributed by atoms with E-state index in [1.807, 2.05) is 18.2 Å². The Balaban J connectivity index is 1.34. The van der Waals surface area contributed by atoms with Crippen molar-refractivity contribution in [3.8, 4) is 0 Å². The fraction of sp³-hybridized carbons (Fsp3) is 0.385. The molecule has 0 aromatic heterocycles. The van der Waals surface area contributed by atoms with Crippen molar-refractivity contribution >= 4 is 23.6 Å². The average molecular weight is 446 g/mol. The summed E-state index contributed by atoms with van der Waals surface area (Å²) in [5.41, 5.74) is 2.85. The summed E-state index contributed by atoms with van der Waals surface area (Å²) in [5.74, 6) is -0.734. The molecule has 1 unspecified atom stereocenters. The van der Waals surface area contributed by atoms with Gasteiger partial charge in [0.25, 0.3) is 11.8 Å². The first-order chi connectivity index (χ1) is 16.0. The van der Waals surface area contributed by atoms with Crippen LogP contribution in [0.4, 0.5) is 0 Å². The van der Waals surface area contributed by atoms with Crippen molar-refractivity contribution in [2.45, 2.75) is 57.2 Å². The van der Waals surface area contributed by atoms with Gasteiger partial charge in [-0.25, -0.2) is 0 Å². The molecule has 0 spiro atoms. The molecule has 5 rings (SSSR count). The number of carbonyl (C=O) groups is 4. The van der Waals surface area contributed by atoms with Crippen molar-refractivity contribution < 1.29 is 19.2 Å². The van der Waals surface area contributed by atoms with E-state index in [9.17, 15) is 19.2 Å². The van der Waals surface area contributed by atoms with E-state index in [2.05, 4.69) is 22.8 Å². The Bertz CT molecular complexity index is 1110. The van der Waals surface area contributed by atoms with Crippen LogP contribution in [0.2, 0.25) is 0 Å². The van der Waals surface area contributed by atoms with Crippen molar-refractivity contribution in [1.82, 2.24) is 15.5 Å². The van der Waals surface area contributed by atoms with Crippen LogP contribution >= 0.6 is 0 Å². The first-order valence-electron chi connectivity index (χ1n) is 11.6. The summed E-state index contributed by atoms with van der Waals surface area (Å²) in [6, 6.07) is 14.5. The molecule has 2 fully saturated rings. The summed E-state index contributed by atoms with van der Waals surface area (Å²) < 4.78 is 0. The highest BCUT2D eigenvalue weighted by Gasteiger charge is 2.39. The van der Waals surface area contributed by atoms with E-state index >= 15 is 0 Å². The lowest BCUT2D eigenvalue weighted by Gasteiger charge is -2.29. The minimum absolute atomic E-state index is 0.0453. The number of rotatable bonds is 5. The molecule has 7 heteroatoms. The van der Waals surface area contributed by atoms with Gasteiger partial charge in [-0.3, -0.25) is 24.5 Å². The summed E-state index contributed by atoms with van der Waals surface area (Å²) >= 11 is 0. The minimum Gasteiger partial charge on any atom is -0.345 e. The molecule has 2 aromatic carbocycles. The van der Waals surface area contributed by atoms with Gasteiger partial charge in [-0.1, -0.05) is 43.2 Å². The third-order valence-corrected chi connectivity index (χ3v) is 7.10. The number of amides is 4. The number of carbonyl (C=O) groups excluding carboxylic acids is 4. The van der Waals surface area contributed by atoms with Crippen LogP contribution in [0.5, 0.6) is 0 Å². The largest absolute Gasteiger partial charge is 0.345 e. The molecule has 1 saturated carbocycles. The zero-order chi connectivity index (χ0) is 22.9. The van der Waals surface area contributed by atoms with Crippen LogP contribution in [0.25, 0.3) is 0 Å². The molecular formula is C26H27N3O4.